The molecule has 0 bridgehead atoms. The number of methoxy groups -OCH3 is 1. The highest BCUT2D eigenvalue weighted by Gasteiger charge is 2.45. The first-order valence-electron chi connectivity index (χ1n) is 12.0. The number of amides is 1. The van der Waals surface area contributed by atoms with Gasteiger partial charge in [-0.15, -0.1) is 0 Å². The van der Waals surface area contributed by atoms with Crippen LogP contribution in [0.1, 0.15) is 50.3 Å². The lowest BCUT2D eigenvalue weighted by atomic mass is 9.68. The van der Waals surface area contributed by atoms with Crippen molar-refractivity contribution in [1.82, 2.24) is 5.32 Å². The summed E-state index contributed by atoms with van der Waals surface area (Å²) in [6, 6.07) is 27.3. The largest absolute Gasteiger partial charge is 0.467 e. The summed E-state index contributed by atoms with van der Waals surface area (Å²) in [5, 5.41) is 2.90. The molecule has 0 saturated heterocycles. The minimum Gasteiger partial charge on any atom is -0.467 e. The highest BCUT2D eigenvalue weighted by molar-refractivity contribution is 5.98. The lowest BCUT2D eigenvalue weighted by Crippen LogP contribution is -2.52. The number of carbonyl (C=O) groups is 3. The molecule has 6 nitrogen and oxygen atoms in total. The van der Waals surface area contributed by atoms with E-state index in [0.717, 1.165) is 16.7 Å². The van der Waals surface area contributed by atoms with Crippen molar-refractivity contribution >= 4 is 17.8 Å². The van der Waals surface area contributed by atoms with Crippen LogP contribution in [0.15, 0.2) is 91.0 Å². The van der Waals surface area contributed by atoms with Gasteiger partial charge in [0.2, 0.25) is 5.91 Å². The molecule has 0 fully saturated rings. The second-order valence-corrected chi connectivity index (χ2v) is 9.52. The van der Waals surface area contributed by atoms with Gasteiger partial charge in [-0.3, -0.25) is 9.59 Å². The molecule has 0 saturated carbocycles. The van der Waals surface area contributed by atoms with E-state index in [1.807, 2.05) is 91.0 Å². The van der Waals surface area contributed by atoms with Gasteiger partial charge in [0, 0.05) is 6.42 Å². The van der Waals surface area contributed by atoms with Crippen molar-refractivity contribution in [2.45, 2.75) is 50.7 Å². The zero-order valence-electron chi connectivity index (χ0n) is 21.2. The van der Waals surface area contributed by atoms with Crippen LogP contribution in [0, 0.1) is 0 Å². The number of benzene rings is 3. The van der Waals surface area contributed by atoms with E-state index in [-0.39, 0.29) is 12.8 Å². The van der Waals surface area contributed by atoms with E-state index in [2.05, 4.69) is 5.32 Å². The van der Waals surface area contributed by atoms with Crippen molar-refractivity contribution < 1.29 is 23.9 Å². The molecule has 3 rings (SSSR count). The molecule has 6 heteroatoms. The summed E-state index contributed by atoms with van der Waals surface area (Å²) in [4.78, 5) is 39.4. The van der Waals surface area contributed by atoms with Gasteiger partial charge in [0.1, 0.15) is 17.1 Å². The maximum atomic E-state index is 14.3. The Kier molecular flexibility index (Phi) is 8.64. The third kappa shape index (κ3) is 6.19. The number of hydrogen-bond acceptors (Lipinski definition) is 5. The number of ether oxygens (including phenoxy) is 2. The molecule has 3 aromatic rings. The van der Waals surface area contributed by atoms with Crippen LogP contribution in [0.2, 0.25) is 0 Å². The smallest absolute Gasteiger partial charge is 0.328 e. The van der Waals surface area contributed by atoms with Crippen LogP contribution in [-0.2, 0) is 29.3 Å². The van der Waals surface area contributed by atoms with Gasteiger partial charge in [-0.1, -0.05) is 91.0 Å². The second kappa shape index (κ2) is 11.7. The minimum atomic E-state index is -1.25. The second-order valence-electron chi connectivity index (χ2n) is 9.52. The number of nitrogens with one attached hydrogen (secondary N) is 1. The summed E-state index contributed by atoms with van der Waals surface area (Å²) in [6.07, 6.45) is -0.00585. The predicted molar refractivity (Wildman–Crippen MR) is 138 cm³/mol. The topological polar surface area (TPSA) is 81.7 Å². The summed E-state index contributed by atoms with van der Waals surface area (Å²) in [6.45, 7) is 5.33. The highest BCUT2D eigenvalue weighted by Crippen LogP contribution is 2.39. The van der Waals surface area contributed by atoms with Gasteiger partial charge < -0.3 is 14.8 Å². The van der Waals surface area contributed by atoms with Gasteiger partial charge in [-0.25, -0.2) is 4.79 Å². The summed E-state index contributed by atoms with van der Waals surface area (Å²) in [5.74, 6) is -1.48. The van der Waals surface area contributed by atoms with Crippen molar-refractivity contribution in [2.75, 3.05) is 7.11 Å². The molecule has 0 heterocycles. The first kappa shape index (κ1) is 26.7. The molecule has 36 heavy (non-hydrogen) atoms. The van der Waals surface area contributed by atoms with Crippen molar-refractivity contribution in [2.24, 2.45) is 0 Å². The molecular weight excluding hydrogens is 454 g/mol. The van der Waals surface area contributed by atoms with Crippen molar-refractivity contribution in [3.63, 3.8) is 0 Å². The van der Waals surface area contributed by atoms with Crippen LogP contribution in [0.25, 0.3) is 0 Å². The summed E-state index contributed by atoms with van der Waals surface area (Å²) in [5.41, 5.74) is 0.341. The molecule has 0 radical (unpaired) electrons. The first-order chi connectivity index (χ1) is 17.2. The molecule has 1 amide bonds. The number of rotatable bonds is 9. The first-order valence-corrected chi connectivity index (χ1v) is 12.0. The van der Waals surface area contributed by atoms with Crippen LogP contribution < -0.4 is 5.32 Å². The van der Waals surface area contributed by atoms with E-state index in [4.69, 9.17) is 9.47 Å². The summed E-state index contributed by atoms with van der Waals surface area (Å²) in [7, 11) is 1.26. The average Bonchev–Trinajstić information content (AvgIpc) is 2.87. The van der Waals surface area contributed by atoms with Crippen molar-refractivity contribution in [1.29, 1.82) is 0 Å². The Morgan fingerprint density at radius 3 is 1.53 bits per heavy atom. The lowest BCUT2D eigenvalue weighted by molar-refractivity contribution is -0.155. The highest BCUT2D eigenvalue weighted by atomic mass is 16.6. The van der Waals surface area contributed by atoms with Gasteiger partial charge in [0.25, 0.3) is 0 Å². The van der Waals surface area contributed by atoms with E-state index in [0.29, 0.717) is 0 Å². The van der Waals surface area contributed by atoms with Crippen LogP contribution >= 0.6 is 0 Å². The van der Waals surface area contributed by atoms with Crippen LogP contribution in [-0.4, -0.2) is 36.6 Å². The fourth-order valence-corrected chi connectivity index (χ4v) is 4.27. The van der Waals surface area contributed by atoms with E-state index in [9.17, 15) is 14.4 Å². The molecule has 188 valence electrons. The standard InChI is InChI=1S/C30H33NO5/c1-29(2,3)36-26(32)21-20-25(27(33)35-4)31-28(34)30(22-14-8-5-9-15-22,23-16-10-6-11-17-23)24-18-12-7-13-19-24/h5-19,25H,20-21H2,1-4H3,(H,31,34)/t25-/m1/s1. The van der Waals surface area contributed by atoms with E-state index >= 15 is 0 Å². The maximum Gasteiger partial charge on any atom is 0.328 e. The molecular formula is C30H33NO5. The van der Waals surface area contributed by atoms with E-state index in [1.165, 1.54) is 7.11 Å². The molecule has 1 atom stereocenters. The van der Waals surface area contributed by atoms with Crippen molar-refractivity contribution in [3.05, 3.63) is 108 Å². The van der Waals surface area contributed by atoms with Gasteiger partial charge in [0.05, 0.1) is 7.11 Å². The molecule has 0 aliphatic carbocycles. The Morgan fingerprint density at radius 1 is 0.750 bits per heavy atom. The predicted octanol–water partition coefficient (Wildman–Crippen LogP) is 4.80. The summed E-state index contributed by atoms with van der Waals surface area (Å²) >= 11 is 0. The lowest BCUT2D eigenvalue weighted by Gasteiger charge is -2.35. The molecule has 0 spiro atoms. The summed E-state index contributed by atoms with van der Waals surface area (Å²) < 4.78 is 10.3. The van der Waals surface area contributed by atoms with Gasteiger partial charge in [0.15, 0.2) is 0 Å². The Hall–Kier alpha value is -3.93. The Balaban J connectivity index is 2.06. The van der Waals surface area contributed by atoms with Crippen LogP contribution in [0.5, 0.6) is 0 Å². The van der Waals surface area contributed by atoms with Crippen LogP contribution in [0.4, 0.5) is 0 Å². The number of carbonyl (C=O) groups excluding carboxylic acids is 3. The SMILES string of the molecule is COC(=O)[C@@H](CCC(=O)OC(C)(C)C)NC(=O)C(c1ccccc1)(c1ccccc1)c1ccccc1. The fourth-order valence-electron chi connectivity index (χ4n) is 4.27. The van der Waals surface area contributed by atoms with Crippen molar-refractivity contribution in [3.8, 4) is 0 Å². The number of esters is 2. The molecule has 0 aliphatic heterocycles. The van der Waals surface area contributed by atoms with E-state index in [1.54, 1.807) is 20.8 Å². The number of hydrogen-bond donors (Lipinski definition) is 1. The molecule has 3 aromatic carbocycles. The molecule has 0 aromatic heterocycles. The van der Waals surface area contributed by atoms with Gasteiger partial charge in [-0.2, -0.15) is 0 Å². The fraction of sp³-hybridized carbons (Fsp3) is 0.300. The minimum absolute atomic E-state index is 0.0434. The average molecular weight is 488 g/mol. The third-order valence-electron chi connectivity index (χ3n) is 5.81. The zero-order chi connectivity index (χ0) is 26.2. The molecule has 1 N–H and O–H groups in total. The Labute approximate surface area is 212 Å². The Morgan fingerprint density at radius 2 is 1.17 bits per heavy atom. The zero-order valence-corrected chi connectivity index (χ0v) is 21.2. The van der Waals surface area contributed by atoms with E-state index < -0.39 is 34.9 Å². The Bertz CT molecular complexity index is 1060. The molecule has 0 aliphatic rings. The monoisotopic (exact) mass is 487 g/mol. The maximum absolute atomic E-state index is 14.3. The van der Waals surface area contributed by atoms with Gasteiger partial charge in [-0.05, 0) is 43.9 Å². The van der Waals surface area contributed by atoms with Gasteiger partial charge >= 0.3 is 11.9 Å². The quantitative estimate of drug-likeness (QED) is 0.346. The van der Waals surface area contributed by atoms with Crippen LogP contribution in [0.3, 0.4) is 0 Å². The normalized spacial score (nSPS) is 12.3. The third-order valence-corrected chi connectivity index (χ3v) is 5.81. The molecule has 0 unspecified atom stereocenters.